The summed E-state index contributed by atoms with van der Waals surface area (Å²) in [7, 11) is 0. The van der Waals surface area contributed by atoms with Gasteiger partial charge in [-0.25, -0.2) is 0 Å². The van der Waals surface area contributed by atoms with Gasteiger partial charge in [-0.2, -0.15) is 13.2 Å². The summed E-state index contributed by atoms with van der Waals surface area (Å²) in [5.74, 6) is 0.829. The molecule has 6 heteroatoms. The van der Waals surface area contributed by atoms with Gasteiger partial charge in [0.2, 0.25) is 0 Å². The minimum atomic E-state index is -4.50. The molecule has 0 bridgehead atoms. The Morgan fingerprint density at radius 1 is 1.17 bits per heavy atom. The first-order valence-corrected chi connectivity index (χ1v) is 6.65. The lowest BCUT2D eigenvalue weighted by Gasteiger charge is -2.33. The number of hydrogen-bond acceptors (Lipinski definition) is 3. The second-order valence-corrected chi connectivity index (χ2v) is 5.48. The molecule has 0 spiro atoms. The van der Waals surface area contributed by atoms with E-state index in [1.165, 1.54) is 12.8 Å². The number of nitrogens with zero attached hydrogens (tertiary/aromatic N) is 1. The van der Waals surface area contributed by atoms with Crippen LogP contribution in [0.15, 0.2) is 0 Å². The van der Waals surface area contributed by atoms with E-state index in [2.05, 4.69) is 5.32 Å². The molecule has 1 atom stereocenters. The Hall–Kier alpha value is -0.330. The zero-order chi connectivity index (χ0) is 13.2. The third-order valence-electron chi connectivity index (χ3n) is 3.79. The monoisotopic (exact) mass is 266 g/mol. The normalized spacial score (nSPS) is 25.3. The molecule has 0 amide bonds. The lowest BCUT2D eigenvalue weighted by Crippen LogP contribution is -2.47. The van der Waals surface area contributed by atoms with Gasteiger partial charge in [-0.15, -0.1) is 0 Å². The highest BCUT2D eigenvalue weighted by Crippen LogP contribution is 2.28. The molecule has 1 heterocycles. The van der Waals surface area contributed by atoms with Gasteiger partial charge in [0.15, 0.2) is 6.10 Å². The number of nitrogens with one attached hydrogen (secondary N) is 1. The summed E-state index contributed by atoms with van der Waals surface area (Å²) in [5, 5.41) is 12.5. The van der Waals surface area contributed by atoms with E-state index in [0.717, 1.165) is 25.3 Å². The maximum atomic E-state index is 12.2. The first-order chi connectivity index (χ1) is 8.45. The zero-order valence-electron chi connectivity index (χ0n) is 10.4. The molecule has 1 aliphatic heterocycles. The molecule has 0 aromatic carbocycles. The van der Waals surface area contributed by atoms with Gasteiger partial charge in [-0.3, -0.25) is 0 Å². The molecule has 3 nitrogen and oxygen atoms in total. The van der Waals surface area contributed by atoms with Crippen molar-refractivity contribution in [1.82, 2.24) is 10.2 Å². The Morgan fingerprint density at radius 2 is 1.78 bits per heavy atom. The standard InChI is InChI=1S/C12H21F3N2O/c13-12(14,15)11(18)8-17-5-3-10(4-6-17)16-7-9-1-2-9/h9-11,16,18H,1-8H2. The number of aliphatic hydroxyl groups excluding tert-OH is 1. The van der Waals surface area contributed by atoms with Crippen molar-refractivity contribution < 1.29 is 18.3 Å². The molecule has 1 aliphatic carbocycles. The summed E-state index contributed by atoms with van der Waals surface area (Å²) in [6.45, 7) is 2.03. The highest BCUT2D eigenvalue weighted by molar-refractivity contribution is 4.83. The fourth-order valence-corrected chi connectivity index (χ4v) is 2.32. The van der Waals surface area contributed by atoms with E-state index in [-0.39, 0.29) is 6.54 Å². The summed E-state index contributed by atoms with van der Waals surface area (Å²) in [4.78, 5) is 1.70. The van der Waals surface area contributed by atoms with E-state index in [4.69, 9.17) is 5.11 Å². The molecular weight excluding hydrogens is 245 g/mol. The number of aliphatic hydroxyl groups is 1. The second kappa shape index (κ2) is 5.75. The fourth-order valence-electron chi connectivity index (χ4n) is 2.32. The molecule has 2 aliphatic rings. The fraction of sp³-hybridized carbons (Fsp3) is 1.00. The Kier molecular flexibility index (Phi) is 4.50. The highest BCUT2D eigenvalue weighted by Gasteiger charge is 2.39. The van der Waals surface area contributed by atoms with Crippen LogP contribution in [0.3, 0.4) is 0 Å². The van der Waals surface area contributed by atoms with Crippen molar-refractivity contribution in [3.05, 3.63) is 0 Å². The number of likely N-dealkylation sites (tertiary alicyclic amines) is 1. The van der Waals surface area contributed by atoms with Crippen molar-refractivity contribution in [2.75, 3.05) is 26.2 Å². The molecule has 0 radical (unpaired) electrons. The van der Waals surface area contributed by atoms with Crippen LogP contribution >= 0.6 is 0 Å². The summed E-state index contributed by atoms with van der Waals surface area (Å²) in [6.07, 6.45) is -2.35. The van der Waals surface area contributed by atoms with E-state index < -0.39 is 12.3 Å². The smallest absolute Gasteiger partial charge is 0.382 e. The Morgan fingerprint density at radius 3 is 2.28 bits per heavy atom. The third-order valence-corrected chi connectivity index (χ3v) is 3.79. The van der Waals surface area contributed by atoms with Gasteiger partial charge in [0.1, 0.15) is 0 Å². The van der Waals surface area contributed by atoms with Crippen molar-refractivity contribution in [3.63, 3.8) is 0 Å². The van der Waals surface area contributed by atoms with Crippen LogP contribution in [-0.2, 0) is 0 Å². The number of rotatable bonds is 5. The van der Waals surface area contributed by atoms with Gasteiger partial charge >= 0.3 is 6.18 Å². The Bertz CT molecular complexity index is 261. The van der Waals surface area contributed by atoms with Crippen LogP contribution in [0.4, 0.5) is 13.2 Å². The van der Waals surface area contributed by atoms with Crippen LogP contribution < -0.4 is 5.32 Å². The summed E-state index contributed by atoms with van der Waals surface area (Å²) in [5.41, 5.74) is 0. The van der Waals surface area contributed by atoms with Gasteiger partial charge in [-0.1, -0.05) is 0 Å². The first kappa shape index (κ1) is 14.1. The molecule has 18 heavy (non-hydrogen) atoms. The highest BCUT2D eigenvalue weighted by atomic mass is 19.4. The molecule has 1 saturated heterocycles. The maximum absolute atomic E-state index is 12.2. The second-order valence-electron chi connectivity index (χ2n) is 5.48. The minimum absolute atomic E-state index is 0.293. The predicted molar refractivity (Wildman–Crippen MR) is 62.3 cm³/mol. The van der Waals surface area contributed by atoms with Crippen LogP contribution in [0.1, 0.15) is 25.7 Å². The number of hydrogen-bond donors (Lipinski definition) is 2. The van der Waals surface area contributed by atoms with Gasteiger partial charge in [0, 0.05) is 12.6 Å². The van der Waals surface area contributed by atoms with Gasteiger partial charge in [0.25, 0.3) is 0 Å². The summed E-state index contributed by atoms with van der Waals surface area (Å²) < 4.78 is 36.6. The summed E-state index contributed by atoms with van der Waals surface area (Å²) in [6, 6.07) is 0.435. The molecule has 2 N–H and O–H groups in total. The van der Waals surface area contributed by atoms with E-state index in [0.29, 0.717) is 19.1 Å². The zero-order valence-corrected chi connectivity index (χ0v) is 10.4. The number of piperidine rings is 1. The van der Waals surface area contributed by atoms with Crippen LogP contribution in [-0.4, -0.2) is 54.5 Å². The van der Waals surface area contributed by atoms with Gasteiger partial charge in [0.05, 0.1) is 0 Å². The lowest BCUT2D eigenvalue weighted by atomic mass is 10.0. The van der Waals surface area contributed by atoms with Crippen molar-refractivity contribution in [3.8, 4) is 0 Å². The SMILES string of the molecule is OC(CN1CCC(NCC2CC2)CC1)C(F)(F)F. The van der Waals surface area contributed by atoms with Gasteiger partial charge in [-0.05, 0) is 51.2 Å². The number of β-amino-alcohol motifs (C(OH)–C–C–N with tert-alkyl or cyclic N) is 1. The van der Waals surface area contributed by atoms with Crippen molar-refractivity contribution >= 4 is 0 Å². The van der Waals surface area contributed by atoms with Crippen molar-refractivity contribution in [1.29, 1.82) is 0 Å². The quantitative estimate of drug-likeness (QED) is 0.789. The largest absolute Gasteiger partial charge is 0.415 e. The minimum Gasteiger partial charge on any atom is -0.382 e. The summed E-state index contributed by atoms with van der Waals surface area (Å²) >= 11 is 0. The van der Waals surface area contributed by atoms with Crippen LogP contribution in [0, 0.1) is 5.92 Å². The predicted octanol–water partition coefficient (Wildman–Crippen LogP) is 1.37. The Labute approximate surface area is 105 Å². The first-order valence-electron chi connectivity index (χ1n) is 6.65. The average molecular weight is 266 g/mol. The topological polar surface area (TPSA) is 35.5 Å². The third kappa shape index (κ3) is 4.40. The van der Waals surface area contributed by atoms with Crippen LogP contribution in [0.2, 0.25) is 0 Å². The van der Waals surface area contributed by atoms with Gasteiger partial charge < -0.3 is 15.3 Å². The lowest BCUT2D eigenvalue weighted by molar-refractivity contribution is -0.208. The van der Waals surface area contributed by atoms with Crippen molar-refractivity contribution in [2.24, 2.45) is 5.92 Å². The molecule has 2 fully saturated rings. The van der Waals surface area contributed by atoms with Crippen molar-refractivity contribution in [2.45, 2.75) is 44.0 Å². The molecule has 0 aromatic rings. The maximum Gasteiger partial charge on any atom is 0.415 e. The molecule has 1 saturated carbocycles. The molecule has 2 rings (SSSR count). The van der Waals surface area contributed by atoms with E-state index in [1.807, 2.05) is 0 Å². The van der Waals surface area contributed by atoms with E-state index in [9.17, 15) is 13.2 Å². The number of halogens is 3. The molecule has 106 valence electrons. The molecule has 1 unspecified atom stereocenters. The molecular formula is C12H21F3N2O. The number of alkyl halides is 3. The van der Waals surface area contributed by atoms with Crippen LogP contribution in [0.25, 0.3) is 0 Å². The molecule has 0 aromatic heterocycles. The van der Waals surface area contributed by atoms with Crippen LogP contribution in [0.5, 0.6) is 0 Å². The van der Waals surface area contributed by atoms with E-state index >= 15 is 0 Å². The average Bonchev–Trinajstić information content (AvgIpc) is 3.11. The Balaban J connectivity index is 1.63. The van der Waals surface area contributed by atoms with E-state index in [1.54, 1.807) is 4.90 Å².